The van der Waals surface area contributed by atoms with Crippen molar-refractivity contribution in [3.05, 3.63) is 47.1 Å². The van der Waals surface area contributed by atoms with Crippen LogP contribution in [0.2, 0.25) is 0 Å². The van der Waals surface area contributed by atoms with E-state index in [2.05, 4.69) is 20.6 Å². The number of hydrogen-bond donors (Lipinski definition) is 3. The standard InChI is InChI=1S/C20H21N5O2S/c26-19(15-6-3-9-21-15)24-17-8-7-16(28-17)20(27)25-10-12(11-25)18-22-13-4-1-2-5-14(13)23-18/h1-2,4-5,7-8,12,15,21H,3,6,9-11H2,(H,22,23)(H,24,26)/t15-/m0/s1. The normalized spacial score (nSPS) is 19.7. The molecule has 3 N–H and O–H groups in total. The molecule has 144 valence electrons. The van der Waals surface area contributed by atoms with Crippen LogP contribution in [0.5, 0.6) is 0 Å². The van der Waals surface area contributed by atoms with E-state index in [1.54, 1.807) is 12.1 Å². The number of nitrogens with one attached hydrogen (secondary N) is 3. The minimum absolute atomic E-state index is 0.0110. The summed E-state index contributed by atoms with van der Waals surface area (Å²) >= 11 is 1.33. The molecule has 0 saturated carbocycles. The van der Waals surface area contributed by atoms with Crippen LogP contribution in [0.4, 0.5) is 5.00 Å². The summed E-state index contributed by atoms with van der Waals surface area (Å²) < 4.78 is 0. The summed E-state index contributed by atoms with van der Waals surface area (Å²) in [5.74, 6) is 1.17. The average Bonchev–Trinajstić information content (AvgIpc) is 3.40. The Hall–Kier alpha value is -2.71. The number of nitrogens with zero attached hydrogens (tertiary/aromatic N) is 2. The van der Waals surface area contributed by atoms with E-state index in [1.165, 1.54) is 11.3 Å². The molecule has 2 saturated heterocycles. The maximum Gasteiger partial charge on any atom is 0.264 e. The predicted molar refractivity (Wildman–Crippen MR) is 109 cm³/mol. The van der Waals surface area contributed by atoms with Gasteiger partial charge in [-0.05, 0) is 43.7 Å². The summed E-state index contributed by atoms with van der Waals surface area (Å²) in [5.41, 5.74) is 1.98. The fourth-order valence-corrected chi connectivity index (χ4v) is 4.65. The molecule has 7 nitrogen and oxygen atoms in total. The molecule has 4 heterocycles. The van der Waals surface area contributed by atoms with Gasteiger partial charge < -0.3 is 20.5 Å². The lowest BCUT2D eigenvalue weighted by Gasteiger charge is -2.37. The van der Waals surface area contributed by atoms with E-state index in [0.29, 0.717) is 18.0 Å². The third kappa shape index (κ3) is 3.18. The van der Waals surface area contributed by atoms with Gasteiger partial charge in [0.25, 0.3) is 5.91 Å². The molecule has 0 unspecified atom stereocenters. The Bertz CT molecular complexity index is 997. The van der Waals surface area contributed by atoms with Crippen LogP contribution in [0.1, 0.15) is 34.3 Å². The van der Waals surface area contributed by atoms with Gasteiger partial charge in [0, 0.05) is 13.1 Å². The number of rotatable bonds is 4. The predicted octanol–water partition coefficient (Wildman–Crippen LogP) is 2.55. The Morgan fingerprint density at radius 1 is 1.18 bits per heavy atom. The van der Waals surface area contributed by atoms with Gasteiger partial charge in [-0.15, -0.1) is 11.3 Å². The average molecular weight is 395 g/mol. The zero-order valence-electron chi connectivity index (χ0n) is 15.3. The summed E-state index contributed by atoms with van der Waals surface area (Å²) in [5, 5.41) is 6.81. The van der Waals surface area contributed by atoms with Crippen molar-refractivity contribution in [2.45, 2.75) is 24.8 Å². The van der Waals surface area contributed by atoms with Crippen molar-refractivity contribution in [3.63, 3.8) is 0 Å². The number of H-pyrrole nitrogens is 1. The molecule has 1 aromatic carbocycles. The fraction of sp³-hybridized carbons (Fsp3) is 0.350. The Kier molecular flexibility index (Phi) is 4.37. The van der Waals surface area contributed by atoms with E-state index in [9.17, 15) is 9.59 Å². The summed E-state index contributed by atoms with van der Waals surface area (Å²) in [6.07, 6.45) is 1.88. The van der Waals surface area contributed by atoms with Crippen LogP contribution in [0.25, 0.3) is 11.0 Å². The highest BCUT2D eigenvalue weighted by Gasteiger charge is 2.35. The first kappa shape index (κ1) is 17.4. The minimum atomic E-state index is -0.124. The Balaban J connectivity index is 1.19. The Morgan fingerprint density at radius 2 is 2.04 bits per heavy atom. The van der Waals surface area contributed by atoms with Crippen molar-refractivity contribution in [2.75, 3.05) is 25.0 Å². The number of para-hydroxylation sites is 2. The molecule has 0 radical (unpaired) electrons. The topological polar surface area (TPSA) is 90.1 Å². The lowest BCUT2D eigenvalue weighted by Crippen LogP contribution is -2.48. The Labute approximate surface area is 166 Å². The number of likely N-dealkylation sites (tertiary alicyclic amines) is 1. The summed E-state index contributed by atoms with van der Waals surface area (Å²) in [4.78, 5) is 35.4. The number of benzene rings is 1. The number of hydrogen-bond acceptors (Lipinski definition) is 5. The highest BCUT2D eigenvalue weighted by atomic mass is 32.1. The molecule has 0 aliphatic carbocycles. The number of anilines is 1. The van der Waals surface area contributed by atoms with E-state index in [-0.39, 0.29) is 23.8 Å². The smallest absolute Gasteiger partial charge is 0.264 e. The van der Waals surface area contributed by atoms with Crippen LogP contribution in [0, 0.1) is 0 Å². The number of carbonyl (C=O) groups excluding carboxylic acids is 2. The second-order valence-electron chi connectivity index (χ2n) is 7.35. The number of amides is 2. The van der Waals surface area contributed by atoms with E-state index < -0.39 is 0 Å². The number of imidazole rings is 1. The third-order valence-electron chi connectivity index (χ3n) is 5.40. The molecule has 2 aliphatic rings. The molecule has 3 aromatic rings. The maximum absolute atomic E-state index is 12.7. The first-order valence-electron chi connectivity index (χ1n) is 9.55. The summed E-state index contributed by atoms with van der Waals surface area (Å²) in [7, 11) is 0. The summed E-state index contributed by atoms with van der Waals surface area (Å²) in [6, 6.07) is 11.4. The molecule has 8 heteroatoms. The molecule has 2 fully saturated rings. The van der Waals surface area contributed by atoms with Gasteiger partial charge in [0.1, 0.15) is 5.82 Å². The Morgan fingerprint density at radius 3 is 2.82 bits per heavy atom. The van der Waals surface area contributed by atoms with Gasteiger partial charge in [-0.1, -0.05) is 12.1 Å². The van der Waals surface area contributed by atoms with Gasteiger partial charge >= 0.3 is 0 Å². The zero-order valence-corrected chi connectivity index (χ0v) is 16.1. The van der Waals surface area contributed by atoms with Gasteiger partial charge in [-0.25, -0.2) is 4.98 Å². The minimum Gasteiger partial charge on any atom is -0.342 e. The molecular weight excluding hydrogens is 374 g/mol. The number of aromatic nitrogens is 2. The van der Waals surface area contributed by atoms with E-state index in [0.717, 1.165) is 41.2 Å². The highest BCUT2D eigenvalue weighted by molar-refractivity contribution is 7.18. The molecule has 2 aromatic heterocycles. The second kappa shape index (κ2) is 7.03. The molecular formula is C20H21N5O2S. The van der Waals surface area contributed by atoms with Crippen LogP contribution in [-0.2, 0) is 4.79 Å². The molecule has 5 rings (SSSR count). The quantitative estimate of drug-likeness (QED) is 0.633. The van der Waals surface area contributed by atoms with Crippen molar-refractivity contribution in [3.8, 4) is 0 Å². The lowest BCUT2D eigenvalue weighted by atomic mass is 9.99. The summed E-state index contributed by atoms with van der Waals surface area (Å²) in [6.45, 7) is 2.20. The van der Waals surface area contributed by atoms with Gasteiger partial charge in [-0.3, -0.25) is 9.59 Å². The molecule has 1 atom stereocenters. The van der Waals surface area contributed by atoms with Gasteiger partial charge in [0.2, 0.25) is 5.91 Å². The number of carbonyl (C=O) groups is 2. The van der Waals surface area contributed by atoms with Crippen molar-refractivity contribution >= 4 is 39.2 Å². The van der Waals surface area contributed by atoms with Gasteiger partial charge in [0.05, 0.1) is 32.9 Å². The molecule has 0 bridgehead atoms. The van der Waals surface area contributed by atoms with Crippen molar-refractivity contribution in [2.24, 2.45) is 0 Å². The van der Waals surface area contributed by atoms with Crippen molar-refractivity contribution < 1.29 is 9.59 Å². The monoisotopic (exact) mass is 395 g/mol. The van der Waals surface area contributed by atoms with Crippen LogP contribution >= 0.6 is 11.3 Å². The molecule has 2 aliphatic heterocycles. The van der Waals surface area contributed by atoms with Crippen LogP contribution in [-0.4, -0.2) is 52.4 Å². The first-order chi connectivity index (χ1) is 13.7. The third-order valence-corrected chi connectivity index (χ3v) is 6.39. The van der Waals surface area contributed by atoms with Crippen LogP contribution in [0.15, 0.2) is 36.4 Å². The second-order valence-corrected chi connectivity index (χ2v) is 8.43. The van der Waals surface area contributed by atoms with Crippen LogP contribution < -0.4 is 10.6 Å². The first-order valence-corrected chi connectivity index (χ1v) is 10.4. The largest absolute Gasteiger partial charge is 0.342 e. The van der Waals surface area contributed by atoms with Crippen LogP contribution in [0.3, 0.4) is 0 Å². The maximum atomic E-state index is 12.7. The lowest BCUT2D eigenvalue weighted by molar-refractivity contribution is -0.117. The van der Waals surface area contributed by atoms with Gasteiger partial charge in [0.15, 0.2) is 0 Å². The number of thiophene rings is 1. The van der Waals surface area contributed by atoms with E-state index in [4.69, 9.17) is 0 Å². The van der Waals surface area contributed by atoms with Crippen molar-refractivity contribution in [1.29, 1.82) is 0 Å². The fourth-order valence-electron chi connectivity index (χ4n) is 3.78. The van der Waals surface area contributed by atoms with E-state index in [1.807, 2.05) is 29.2 Å². The number of fused-ring (bicyclic) bond motifs is 1. The van der Waals surface area contributed by atoms with E-state index >= 15 is 0 Å². The highest BCUT2D eigenvalue weighted by Crippen LogP contribution is 2.31. The molecule has 28 heavy (non-hydrogen) atoms. The van der Waals surface area contributed by atoms with Gasteiger partial charge in [-0.2, -0.15) is 0 Å². The molecule has 0 spiro atoms. The SMILES string of the molecule is O=C(Nc1ccc(C(=O)N2CC(c3nc4ccccc4[nH]3)C2)s1)[C@@H]1CCCN1. The zero-order chi connectivity index (χ0) is 19.1. The van der Waals surface area contributed by atoms with Crippen molar-refractivity contribution in [1.82, 2.24) is 20.2 Å². The number of aromatic amines is 1. The molecule has 2 amide bonds.